The number of hydrogen-bond acceptors (Lipinski definition) is 5. The molecule has 1 amide bonds. The van der Waals surface area contributed by atoms with Gasteiger partial charge in [-0.15, -0.1) is 12.4 Å². The zero-order valence-corrected chi connectivity index (χ0v) is 14.5. The SMILES string of the molecule is C[C@H]1OCCN[C@@H]1C(=O)NCCc1ccc(S(N)(=O)=O)cc1.Cl. The molecule has 7 nitrogen and oxygen atoms in total. The summed E-state index contributed by atoms with van der Waals surface area (Å²) in [6, 6.07) is 5.97. The Morgan fingerprint density at radius 2 is 2.04 bits per heavy atom. The van der Waals surface area contributed by atoms with Crippen molar-refractivity contribution in [3.63, 3.8) is 0 Å². The number of rotatable bonds is 5. The molecule has 4 N–H and O–H groups in total. The number of carbonyl (C=O) groups excluding carboxylic acids is 1. The van der Waals surface area contributed by atoms with Crippen LogP contribution in [-0.2, 0) is 26.0 Å². The summed E-state index contributed by atoms with van der Waals surface area (Å²) in [7, 11) is -3.67. The van der Waals surface area contributed by atoms with Crippen LogP contribution in [0.25, 0.3) is 0 Å². The monoisotopic (exact) mass is 363 g/mol. The van der Waals surface area contributed by atoms with Gasteiger partial charge in [0.25, 0.3) is 0 Å². The Kier molecular flexibility index (Phi) is 7.43. The van der Waals surface area contributed by atoms with Crippen molar-refractivity contribution in [2.24, 2.45) is 5.14 Å². The number of primary sulfonamides is 1. The number of morpholine rings is 1. The minimum absolute atomic E-state index is 0. The van der Waals surface area contributed by atoms with Crippen LogP contribution in [0.1, 0.15) is 12.5 Å². The molecule has 1 fully saturated rings. The van der Waals surface area contributed by atoms with Gasteiger partial charge in [-0.2, -0.15) is 0 Å². The molecule has 0 bridgehead atoms. The minimum atomic E-state index is -3.67. The van der Waals surface area contributed by atoms with Gasteiger partial charge in [0, 0.05) is 13.1 Å². The fourth-order valence-electron chi connectivity index (χ4n) is 2.31. The lowest BCUT2D eigenvalue weighted by Gasteiger charge is -2.29. The van der Waals surface area contributed by atoms with E-state index in [4.69, 9.17) is 9.88 Å². The van der Waals surface area contributed by atoms with E-state index in [2.05, 4.69) is 10.6 Å². The molecule has 0 unspecified atom stereocenters. The number of nitrogens with two attached hydrogens (primary N) is 1. The second kappa shape index (κ2) is 8.60. The molecule has 1 heterocycles. The first kappa shape index (κ1) is 19.9. The maximum atomic E-state index is 12.0. The molecule has 0 spiro atoms. The van der Waals surface area contributed by atoms with Crippen LogP contribution in [0.3, 0.4) is 0 Å². The average molecular weight is 364 g/mol. The Bertz CT molecular complexity index is 621. The van der Waals surface area contributed by atoms with E-state index in [0.29, 0.717) is 26.1 Å². The molecule has 130 valence electrons. The van der Waals surface area contributed by atoms with Crippen molar-refractivity contribution in [3.05, 3.63) is 29.8 Å². The third-order valence-electron chi connectivity index (χ3n) is 3.56. The van der Waals surface area contributed by atoms with Gasteiger partial charge in [-0.25, -0.2) is 13.6 Å². The van der Waals surface area contributed by atoms with E-state index in [1.54, 1.807) is 12.1 Å². The summed E-state index contributed by atoms with van der Waals surface area (Å²) in [5, 5.41) is 11.0. The predicted octanol–water partition coefficient (Wildman–Crippen LogP) is -0.209. The number of halogens is 1. The molecule has 2 rings (SSSR count). The number of amides is 1. The van der Waals surface area contributed by atoms with Crippen LogP contribution in [0.5, 0.6) is 0 Å². The van der Waals surface area contributed by atoms with E-state index in [9.17, 15) is 13.2 Å². The normalized spacial score (nSPS) is 21.3. The molecular weight excluding hydrogens is 342 g/mol. The van der Waals surface area contributed by atoms with Crippen LogP contribution in [0, 0.1) is 0 Å². The maximum absolute atomic E-state index is 12.0. The zero-order valence-electron chi connectivity index (χ0n) is 12.8. The van der Waals surface area contributed by atoms with Crippen molar-refractivity contribution in [3.8, 4) is 0 Å². The van der Waals surface area contributed by atoms with Crippen LogP contribution >= 0.6 is 12.4 Å². The summed E-state index contributed by atoms with van der Waals surface area (Å²) >= 11 is 0. The Morgan fingerprint density at radius 1 is 1.39 bits per heavy atom. The minimum Gasteiger partial charge on any atom is -0.375 e. The highest BCUT2D eigenvalue weighted by atomic mass is 35.5. The molecule has 0 radical (unpaired) electrons. The van der Waals surface area contributed by atoms with Crippen LogP contribution in [0.2, 0.25) is 0 Å². The molecule has 1 aliphatic rings. The molecule has 9 heteroatoms. The van der Waals surface area contributed by atoms with Gasteiger partial charge >= 0.3 is 0 Å². The Balaban J connectivity index is 0.00000264. The number of benzene rings is 1. The molecule has 0 saturated carbocycles. The molecule has 1 saturated heterocycles. The van der Waals surface area contributed by atoms with Crippen molar-refractivity contribution in [1.82, 2.24) is 10.6 Å². The quantitative estimate of drug-likeness (QED) is 0.670. The average Bonchev–Trinajstić information content (AvgIpc) is 2.47. The lowest BCUT2D eigenvalue weighted by Crippen LogP contribution is -2.55. The summed E-state index contributed by atoms with van der Waals surface area (Å²) < 4.78 is 27.7. The van der Waals surface area contributed by atoms with Crippen molar-refractivity contribution in [2.45, 2.75) is 30.4 Å². The first-order valence-corrected chi connectivity index (χ1v) is 8.67. The van der Waals surface area contributed by atoms with E-state index < -0.39 is 10.0 Å². The lowest BCUT2D eigenvalue weighted by molar-refractivity contribution is -0.128. The first-order valence-electron chi connectivity index (χ1n) is 7.12. The van der Waals surface area contributed by atoms with Crippen LogP contribution in [0.4, 0.5) is 0 Å². The number of sulfonamides is 1. The fraction of sp³-hybridized carbons (Fsp3) is 0.500. The molecule has 1 aromatic carbocycles. The van der Waals surface area contributed by atoms with Gasteiger partial charge in [0.1, 0.15) is 6.04 Å². The highest BCUT2D eigenvalue weighted by Crippen LogP contribution is 2.09. The molecule has 1 aromatic rings. The van der Waals surface area contributed by atoms with Gasteiger partial charge in [0.15, 0.2) is 0 Å². The van der Waals surface area contributed by atoms with Gasteiger partial charge in [-0.1, -0.05) is 12.1 Å². The largest absolute Gasteiger partial charge is 0.375 e. The Labute approximate surface area is 142 Å². The molecule has 0 aliphatic carbocycles. The third-order valence-corrected chi connectivity index (χ3v) is 4.49. The van der Waals surface area contributed by atoms with Crippen molar-refractivity contribution in [1.29, 1.82) is 0 Å². The van der Waals surface area contributed by atoms with Crippen molar-refractivity contribution in [2.75, 3.05) is 19.7 Å². The molecule has 0 aromatic heterocycles. The standard InChI is InChI=1S/C14H21N3O4S.ClH/c1-10-13(16-8-9-21-10)14(18)17-7-6-11-2-4-12(5-3-11)22(15,19)20;/h2-5,10,13,16H,6-9H2,1H3,(H,17,18)(H2,15,19,20);1H/t10-,13+;/m1./s1. The van der Waals surface area contributed by atoms with Gasteiger partial charge in [-0.3, -0.25) is 4.79 Å². The smallest absolute Gasteiger partial charge is 0.239 e. The van der Waals surface area contributed by atoms with Crippen LogP contribution in [0.15, 0.2) is 29.2 Å². The highest BCUT2D eigenvalue weighted by molar-refractivity contribution is 7.89. The number of ether oxygens (including phenoxy) is 1. The summed E-state index contributed by atoms with van der Waals surface area (Å²) in [4.78, 5) is 12.1. The highest BCUT2D eigenvalue weighted by Gasteiger charge is 2.27. The summed E-state index contributed by atoms with van der Waals surface area (Å²) in [5.74, 6) is -0.0895. The van der Waals surface area contributed by atoms with Crippen LogP contribution in [-0.4, -0.2) is 46.2 Å². The zero-order chi connectivity index (χ0) is 16.2. The topological polar surface area (TPSA) is 111 Å². The van der Waals surface area contributed by atoms with Gasteiger partial charge in [0.2, 0.25) is 15.9 Å². The molecule has 1 aliphatic heterocycles. The van der Waals surface area contributed by atoms with E-state index >= 15 is 0 Å². The molecular formula is C14H22ClN3O4S. The number of carbonyl (C=O) groups is 1. The second-order valence-electron chi connectivity index (χ2n) is 5.24. The Hall–Kier alpha value is -1.19. The molecule has 23 heavy (non-hydrogen) atoms. The van der Waals surface area contributed by atoms with E-state index in [1.807, 2.05) is 6.92 Å². The summed E-state index contributed by atoms with van der Waals surface area (Å²) in [6.07, 6.45) is 0.460. The van der Waals surface area contributed by atoms with E-state index in [-0.39, 0.29) is 35.4 Å². The van der Waals surface area contributed by atoms with Gasteiger partial charge < -0.3 is 15.4 Å². The number of nitrogens with one attached hydrogen (secondary N) is 2. The van der Waals surface area contributed by atoms with Crippen molar-refractivity contribution < 1.29 is 17.9 Å². The first-order chi connectivity index (χ1) is 10.4. The lowest BCUT2D eigenvalue weighted by atomic mass is 10.1. The Morgan fingerprint density at radius 3 is 2.61 bits per heavy atom. The van der Waals surface area contributed by atoms with E-state index in [1.165, 1.54) is 12.1 Å². The maximum Gasteiger partial charge on any atom is 0.239 e. The molecule has 2 atom stereocenters. The van der Waals surface area contributed by atoms with Crippen LogP contribution < -0.4 is 15.8 Å². The van der Waals surface area contributed by atoms with Crippen molar-refractivity contribution >= 4 is 28.3 Å². The van der Waals surface area contributed by atoms with Gasteiger partial charge in [0.05, 0.1) is 17.6 Å². The second-order valence-corrected chi connectivity index (χ2v) is 6.80. The fourth-order valence-corrected chi connectivity index (χ4v) is 2.83. The third kappa shape index (κ3) is 5.74. The predicted molar refractivity (Wildman–Crippen MR) is 89.0 cm³/mol. The van der Waals surface area contributed by atoms with Gasteiger partial charge in [-0.05, 0) is 31.0 Å². The number of hydrogen-bond donors (Lipinski definition) is 3. The van der Waals surface area contributed by atoms with E-state index in [0.717, 1.165) is 5.56 Å². The summed E-state index contributed by atoms with van der Waals surface area (Å²) in [6.45, 7) is 3.61. The summed E-state index contributed by atoms with van der Waals surface area (Å²) in [5.41, 5.74) is 0.925.